The Hall–Kier alpha value is -3.50. The first-order valence-corrected chi connectivity index (χ1v) is 15.3. The summed E-state index contributed by atoms with van der Waals surface area (Å²) in [6.45, 7) is 13.7. The summed E-state index contributed by atoms with van der Waals surface area (Å²) in [6, 6.07) is 4.88. The number of aryl methyl sites for hydroxylation is 2. The van der Waals surface area contributed by atoms with Gasteiger partial charge in [-0.25, -0.2) is 0 Å². The molecule has 2 bridgehead atoms. The average Bonchev–Trinajstić information content (AvgIpc) is 3.61. The summed E-state index contributed by atoms with van der Waals surface area (Å²) in [7, 11) is 0. The van der Waals surface area contributed by atoms with Gasteiger partial charge in [0.15, 0.2) is 0 Å². The van der Waals surface area contributed by atoms with E-state index < -0.39 is 41.7 Å². The van der Waals surface area contributed by atoms with Crippen LogP contribution in [-0.2, 0) is 28.7 Å². The fourth-order valence-corrected chi connectivity index (χ4v) is 7.03. The molecule has 3 amide bonds. The number of aliphatic hydroxyl groups excluding tert-OH is 1. The predicted molar refractivity (Wildman–Crippen MR) is 162 cm³/mol. The second kappa shape index (κ2) is 13.9. The zero-order valence-electron chi connectivity index (χ0n) is 25.5. The number of rotatable bonds is 15. The van der Waals surface area contributed by atoms with E-state index in [1.807, 2.05) is 32.0 Å². The van der Waals surface area contributed by atoms with Crippen LogP contribution >= 0.6 is 0 Å². The number of esters is 1. The van der Waals surface area contributed by atoms with Gasteiger partial charge in [0.1, 0.15) is 17.7 Å². The minimum atomic E-state index is -1.17. The fraction of sp³-hybridized carbons (Fsp3) is 0.576. The minimum Gasteiger partial charge on any atom is -0.460 e. The largest absolute Gasteiger partial charge is 0.460 e. The Morgan fingerprint density at radius 1 is 1.23 bits per heavy atom. The van der Waals surface area contributed by atoms with Gasteiger partial charge in [-0.15, -0.1) is 13.2 Å². The molecule has 3 fully saturated rings. The van der Waals surface area contributed by atoms with E-state index in [9.17, 15) is 24.3 Å². The topological polar surface area (TPSA) is 125 Å². The molecule has 3 heterocycles. The van der Waals surface area contributed by atoms with E-state index in [1.54, 1.807) is 28.9 Å². The Labute approximate surface area is 254 Å². The lowest BCUT2D eigenvalue weighted by atomic mass is 9.70. The van der Waals surface area contributed by atoms with Crippen LogP contribution in [-0.4, -0.2) is 83.8 Å². The number of ether oxygens (including phenoxy) is 2. The van der Waals surface area contributed by atoms with Crippen LogP contribution in [0.1, 0.15) is 56.6 Å². The van der Waals surface area contributed by atoms with Crippen molar-refractivity contribution < 1.29 is 33.8 Å². The number of fused-ring (bicyclic) bond motifs is 1. The van der Waals surface area contributed by atoms with Gasteiger partial charge < -0.3 is 29.7 Å². The number of unbranched alkanes of at least 4 members (excludes halogenated alkanes) is 1. The Balaban J connectivity index is 1.62. The van der Waals surface area contributed by atoms with Crippen LogP contribution in [0, 0.1) is 25.7 Å². The van der Waals surface area contributed by atoms with Crippen molar-refractivity contribution in [3.05, 3.63) is 54.6 Å². The number of nitrogens with one attached hydrogen (secondary N) is 1. The van der Waals surface area contributed by atoms with Crippen LogP contribution in [0.25, 0.3) is 0 Å². The van der Waals surface area contributed by atoms with Gasteiger partial charge in [-0.3, -0.25) is 19.2 Å². The van der Waals surface area contributed by atoms with Gasteiger partial charge in [-0.1, -0.05) is 30.4 Å². The van der Waals surface area contributed by atoms with Gasteiger partial charge in [0.05, 0.1) is 24.5 Å². The number of carbonyl (C=O) groups excluding carboxylic acids is 4. The van der Waals surface area contributed by atoms with Crippen molar-refractivity contribution in [2.24, 2.45) is 11.8 Å². The molecular formula is C33H45N3O7. The van der Waals surface area contributed by atoms with E-state index in [4.69, 9.17) is 9.47 Å². The smallest absolute Gasteiger partial charge is 0.312 e. The summed E-state index contributed by atoms with van der Waals surface area (Å²) in [5.74, 6) is -3.01. The Morgan fingerprint density at radius 3 is 2.60 bits per heavy atom. The highest BCUT2D eigenvalue weighted by Crippen LogP contribution is 2.59. The summed E-state index contributed by atoms with van der Waals surface area (Å²) in [6.07, 6.45) is 4.98. The van der Waals surface area contributed by atoms with Crippen molar-refractivity contribution in [1.29, 1.82) is 0 Å². The third-order valence-corrected chi connectivity index (χ3v) is 8.88. The molecule has 234 valence electrons. The van der Waals surface area contributed by atoms with E-state index in [1.165, 1.54) is 0 Å². The van der Waals surface area contributed by atoms with Crippen molar-refractivity contribution in [3.63, 3.8) is 0 Å². The Bertz CT molecular complexity index is 1230. The predicted octanol–water partition coefficient (Wildman–Crippen LogP) is 2.98. The number of likely N-dealkylation sites (tertiary alicyclic amines) is 1. The number of amides is 3. The number of allylic oxidation sites excluding steroid dienone is 1. The van der Waals surface area contributed by atoms with Gasteiger partial charge in [-0.2, -0.15) is 0 Å². The molecule has 2 N–H and O–H groups in total. The molecule has 10 heteroatoms. The highest BCUT2D eigenvalue weighted by atomic mass is 16.6. The number of anilines is 1. The number of aliphatic hydroxyl groups is 1. The molecule has 0 unspecified atom stereocenters. The van der Waals surface area contributed by atoms with Crippen LogP contribution in [0.4, 0.5) is 5.69 Å². The number of para-hydroxylation sites is 1. The lowest BCUT2D eigenvalue weighted by Crippen LogP contribution is -2.56. The van der Waals surface area contributed by atoms with Crippen molar-refractivity contribution in [3.8, 4) is 0 Å². The van der Waals surface area contributed by atoms with E-state index in [-0.39, 0.29) is 44.0 Å². The molecule has 6 atom stereocenters. The SMILES string of the molecule is C=CCCC(=O)NC[C@@H](C)OC(=O)[C@@H]1[C@@H]2CC[C@]3(O2)[C@H](C(=O)N(CC=C)c2c(C)cccc2C)N(CCCCO)C(=O)[C@@H]13. The molecule has 10 nitrogen and oxygen atoms in total. The van der Waals surface area contributed by atoms with Gasteiger partial charge in [-0.05, 0) is 64.0 Å². The van der Waals surface area contributed by atoms with E-state index in [2.05, 4.69) is 18.5 Å². The first kappa shape index (κ1) is 32.4. The summed E-state index contributed by atoms with van der Waals surface area (Å²) in [4.78, 5) is 57.6. The van der Waals surface area contributed by atoms with Crippen LogP contribution in [0.3, 0.4) is 0 Å². The van der Waals surface area contributed by atoms with Crippen LogP contribution < -0.4 is 10.2 Å². The fourth-order valence-electron chi connectivity index (χ4n) is 7.03. The molecule has 43 heavy (non-hydrogen) atoms. The van der Waals surface area contributed by atoms with E-state index in [0.717, 1.165) is 16.8 Å². The number of hydrogen-bond donors (Lipinski definition) is 2. The van der Waals surface area contributed by atoms with Crippen molar-refractivity contribution in [1.82, 2.24) is 10.2 Å². The number of hydrogen-bond acceptors (Lipinski definition) is 7. The van der Waals surface area contributed by atoms with Crippen molar-refractivity contribution in [2.75, 3.05) is 31.1 Å². The highest BCUT2D eigenvalue weighted by Gasteiger charge is 2.75. The standard InChI is InChI=1S/C33H45N3O7/c1-6-8-14-25(38)34-20-23(5)42-32(41)26-24-15-16-33(43-24)27(26)30(39)36(18-9-10-19-37)29(33)31(40)35(17-7-2)28-21(3)12-11-13-22(28)4/h6-7,11-13,23-24,26-27,29,37H,1-2,8-10,14-20H2,3-5H3,(H,34,38)/t23-,24+,26-,27-,29+,33-/m1/s1. The summed E-state index contributed by atoms with van der Waals surface area (Å²) in [5, 5.41) is 12.2. The highest BCUT2D eigenvalue weighted by molar-refractivity contribution is 6.05. The van der Waals surface area contributed by atoms with E-state index >= 15 is 0 Å². The molecule has 4 rings (SSSR count). The maximum absolute atomic E-state index is 14.6. The first-order valence-electron chi connectivity index (χ1n) is 15.3. The molecule has 3 saturated heterocycles. The molecule has 0 aliphatic carbocycles. The summed E-state index contributed by atoms with van der Waals surface area (Å²) >= 11 is 0. The van der Waals surface area contributed by atoms with Crippen LogP contribution in [0.15, 0.2) is 43.5 Å². The zero-order valence-corrected chi connectivity index (χ0v) is 25.5. The van der Waals surface area contributed by atoms with Gasteiger partial charge in [0, 0.05) is 31.8 Å². The summed E-state index contributed by atoms with van der Waals surface area (Å²) in [5.41, 5.74) is 1.44. The van der Waals surface area contributed by atoms with Gasteiger partial charge in [0.25, 0.3) is 5.91 Å². The van der Waals surface area contributed by atoms with Crippen molar-refractivity contribution >= 4 is 29.4 Å². The Morgan fingerprint density at radius 2 is 1.95 bits per heavy atom. The number of benzene rings is 1. The molecule has 1 spiro atoms. The quantitative estimate of drug-likeness (QED) is 0.181. The normalized spacial score (nSPS) is 26.1. The molecule has 0 aromatic heterocycles. The molecule has 0 saturated carbocycles. The average molecular weight is 596 g/mol. The van der Waals surface area contributed by atoms with Gasteiger partial charge in [0.2, 0.25) is 11.8 Å². The first-order chi connectivity index (χ1) is 20.6. The minimum absolute atomic E-state index is 0.0320. The van der Waals surface area contributed by atoms with Crippen molar-refractivity contribution in [2.45, 2.75) is 83.1 Å². The van der Waals surface area contributed by atoms with E-state index in [0.29, 0.717) is 38.5 Å². The molecule has 0 radical (unpaired) electrons. The zero-order chi connectivity index (χ0) is 31.3. The molecular weight excluding hydrogens is 550 g/mol. The molecule has 3 aliphatic heterocycles. The molecule has 3 aliphatic rings. The van der Waals surface area contributed by atoms with Crippen LogP contribution in [0.5, 0.6) is 0 Å². The maximum atomic E-state index is 14.6. The third-order valence-electron chi connectivity index (χ3n) is 8.88. The molecule has 1 aromatic carbocycles. The summed E-state index contributed by atoms with van der Waals surface area (Å²) < 4.78 is 12.3. The second-order valence-corrected chi connectivity index (χ2v) is 11.9. The monoisotopic (exact) mass is 595 g/mol. The second-order valence-electron chi connectivity index (χ2n) is 11.9. The lowest BCUT2D eigenvalue weighted by molar-refractivity contribution is -0.159. The van der Waals surface area contributed by atoms with Gasteiger partial charge >= 0.3 is 5.97 Å². The van der Waals surface area contributed by atoms with Crippen LogP contribution in [0.2, 0.25) is 0 Å². The Kier molecular flexibility index (Phi) is 10.4. The number of nitrogens with zero attached hydrogens (tertiary/aromatic N) is 2. The number of carbonyl (C=O) groups is 4. The molecule has 1 aromatic rings. The third kappa shape index (κ3) is 6.26. The lowest BCUT2D eigenvalue weighted by Gasteiger charge is -2.37. The maximum Gasteiger partial charge on any atom is 0.312 e.